The van der Waals surface area contributed by atoms with Crippen LogP contribution in [0.5, 0.6) is 0 Å². The number of carbonyl (C=O) groups is 3. The van der Waals surface area contributed by atoms with Crippen LogP contribution in [0.15, 0.2) is 30.3 Å². The van der Waals surface area contributed by atoms with Crippen LogP contribution in [0.2, 0.25) is 0 Å². The van der Waals surface area contributed by atoms with Crippen molar-refractivity contribution in [2.75, 3.05) is 0 Å². The van der Waals surface area contributed by atoms with Crippen LogP contribution >= 0.6 is 0 Å². The van der Waals surface area contributed by atoms with Gasteiger partial charge in [0.1, 0.15) is 11.9 Å². The predicted molar refractivity (Wildman–Crippen MR) is 67.3 cm³/mol. The van der Waals surface area contributed by atoms with E-state index in [-0.39, 0.29) is 12.2 Å². The Morgan fingerprint density at radius 1 is 1.26 bits per heavy atom. The topological polar surface area (TPSA) is 63.7 Å². The molecular weight excluding hydrogens is 246 g/mol. The number of rotatable bonds is 3. The molecule has 1 aliphatic rings. The number of hydrogen-bond acceptors (Lipinski definition) is 4. The number of ketones is 1. The van der Waals surface area contributed by atoms with Crippen molar-refractivity contribution >= 4 is 17.8 Å². The van der Waals surface area contributed by atoms with Gasteiger partial charge in [0.25, 0.3) is 0 Å². The highest BCUT2D eigenvalue weighted by Crippen LogP contribution is 2.32. The third-order valence-corrected chi connectivity index (χ3v) is 3.07. The molecule has 5 heteroatoms. The fourth-order valence-corrected chi connectivity index (χ4v) is 2.18. The first kappa shape index (κ1) is 13.3. The van der Waals surface area contributed by atoms with Crippen molar-refractivity contribution in [1.82, 2.24) is 4.90 Å². The smallest absolute Gasteiger partial charge is 0.417 e. The lowest BCUT2D eigenvalue weighted by atomic mass is 10.0. The standard InChI is InChI=1S/C14H15NO4/c1-9(16)8-12(17)15-10(2)13(19-14(15)18)11-6-4-3-5-7-11/h3-7,10,13H,8H2,1-2H3/t10-,13-/m0/s1. The molecule has 1 aromatic carbocycles. The van der Waals surface area contributed by atoms with Crippen LogP contribution in [0.4, 0.5) is 4.79 Å². The molecule has 0 N–H and O–H groups in total. The molecule has 2 rings (SSSR count). The highest BCUT2D eigenvalue weighted by molar-refractivity contribution is 6.03. The van der Waals surface area contributed by atoms with Crippen molar-refractivity contribution < 1.29 is 19.1 Å². The van der Waals surface area contributed by atoms with Crippen molar-refractivity contribution in [2.24, 2.45) is 0 Å². The van der Waals surface area contributed by atoms with Gasteiger partial charge in [-0.15, -0.1) is 0 Å². The van der Waals surface area contributed by atoms with Crippen LogP contribution in [-0.4, -0.2) is 28.7 Å². The molecule has 2 atom stereocenters. The summed E-state index contributed by atoms with van der Waals surface area (Å²) in [5.41, 5.74) is 0.835. The minimum atomic E-state index is -0.687. The monoisotopic (exact) mass is 261 g/mol. The second kappa shape index (κ2) is 5.22. The number of amides is 2. The molecule has 0 radical (unpaired) electrons. The molecule has 1 aliphatic heterocycles. The fraction of sp³-hybridized carbons (Fsp3) is 0.357. The molecule has 0 spiro atoms. The van der Waals surface area contributed by atoms with E-state index in [9.17, 15) is 14.4 Å². The first-order chi connectivity index (χ1) is 9.00. The Balaban J connectivity index is 2.19. The van der Waals surface area contributed by atoms with E-state index in [4.69, 9.17) is 4.74 Å². The summed E-state index contributed by atoms with van der Waals surface area (Å²) in [6.45, 7) is 3.05. The number of cyclic esters (lactones) is 1. The normalized spacial score (nSPS) is 22.2. The summed E-state index contributed by atoms with van der Waals surface area (Å²) < 4.78 is 5.23. The molecule has 0 aliphatic carbocycles. The van der Waals surface area contributed by atoms with Gasteiger partial charge in [0.15, 0.2) is 0 Å². The molecular formula is C14H15NO4. The van der Waals surface area contributed by atoms with Crippen LogP contribution < -0.4 is 0 Å². The van der Waals surface area contributed by atoms with Crippen molar-refractivity contribution in [3.05, 3.63) is 35.9 Å². The summed E-state index contributed by atoms with van der Waals surface area (Å²) in [6, 6.07) is 8.82. The molecule has 1 fully saturated rings. The summed E-state index contributed by atoms with van der Waals surface area (Å²) in [5, 5.41) is 0. The van der Waals surface area contributed by atoms with Crippen LogP contribution in [0.3, 0.4) is 0 Å². The number of carbonyl (C=O) groups excluding carboxylic acids is 3. The van der Waals surface area contributed by atoms with Gasteiger partial charge in [0, 0.05) is 0 Å². The Kier molecular flexibility index (Phi) is 3.64. The number of benzene rings is 1. The van der Waals surface area contributed by atoms with E-state index in [2.05, 4.69) is 0 Å². The van der Waals surface area contributed by atoms with Gasteiger partial charge < -0.3 is 4.74 Å². The predicted octanol–water partition coefficient (Wildman–Crippen LogP) is 2.07. The molecule has 0 saturated carbocycles. The van der Waals surface area contributed by atoms with E-state index < -0.39 is 24.1 Å². The second-order valence-corrected chi connectivity index (χ2v) is 4.60. The van der Waals surface area contributed by atoms with Crippen LogP contribution in [0.25, 0.3) is 0 Å². The Hall–Kier alpha value is -2.17. The van der Waals surface area contributed by atoms with Crippen molar-refractivity contribution in [2.45, 2.75) is 32.4 Å². The summed E-state index contributed by atoms with van der Waals surface area (Å²) in [7, 11) is 0. The zero-order chi connectivity index (χ0) is 14.0. The Morgan fingerprint density at radius 3 is 2.47 bits per heavy atom. The average molecular weight is 261 g/mol. The highest BCUT2D eigenvalue weighted by Gasteiger charge is 2.43. The van der Waals surface area contributed by atoms with Crippen molar-refractivity contribution in [1.29, 1.82) is 0 Å². The maximum absolute atomic E-state index is 11.9. The van der Waals surface area contributed by atoms with Gasteiger partial charge in [-0.25, -0.2) is 9.69 Å². The lowest BCUT2D eigenvalue weighted by molar-refractivity contribution is -0.133. The molecule has 0 aromatic heterocycles. The summed E-state index contributed by atoms with van der Waals surface area (Å²) >= 11 is 0. The van der Waals surface area contributed by atoms with Gasteiger partial charge in [0.2, 0.25) is 5.91 Å². The zero-order valence-corrected chi connectivity index (χ0v) is 10.8. The second-order valence-electron chi connectivity index (χ2n) is 4.60. The van der Waals surface area contributed by atoms with Gasteiger partial charge in [0.05, 0.1) is 12.5 Å². The molecule has 1 saturated heterocycles. The maximum atomic E-state index is 11.9. The number of imide groups is 1. The molecule has 0 unspecified atom stereocenters. The minimum absolute atomic E-state index is 0.270. The Labute approximate surface area is 111 Å². The lowest BCUT2D eigenvalue weighted by Gasteiger charge is -2.18. The first-order valence-corrected chi connectivity index (χ1v) is 6.07. The summed E-state index contributed by atoms with van der Waals surface area (Å²) in [5.74, 6) is -0.781. The Bertz CT molecular complexity index is 511. The van der Waals surface area contributed by atoms with E-state index in [0.29, 0.717) is 0 Å². The third kappa shape index (κ3) is 2.65. The van der Waals surface area contributed by atoms with Gasteiger partial charge in [-0.05, 0) is 19.4 Å². The number of Topliss-reactive ketones (excluding diaryl/α,β-unsaturated/α-hetero) is 1. The van der Waals surface area contributed by atoms with Gasteiger partial charge in [-0.1, -0.05) is 30.3 Å². The number of hydrogen-bond donors (Lipinski definition) is 0. The third-order valence-electron chi connectivity index (χ3n) is 3.07. The summed E-state index contributed by atoms with van der Waals surface area (Å²) in [6.07, 6.45) is -1.45. The van der Waals surface area contributed by atoms with Crippen LogP contribution in [0, 0.1) is 0 Å². The van der Waals surface area contributed by atoms with Crippen molar-refractivity contribution in [3.8, 4) is 0 Å². The molecule has 2 amide bonds. The molecule has 1 aromatic rings. The molecule has 5 nitrogen and oxygen atoms in total. The van der Waals surface area contributed by atoms with E-state index >= 15 is 0 Å². The summed E-state index contributed by atoms with van der Waals surface area (Å²) in [4.78, 5) is 35.6. The van der Waals surface area contributed by atoms with Crippen LogP contribution in [0.1, 0.15) is 31.9 Å². The maximum Gasteiger partial charge on any atom is 0.417 e. The molecule has 19 heavy (non-hydrogen) atoms. The quantitative estimate of drug-likeness (QED) is 0.781. The van der Waals surface area contributed by atoms with Crippen molar-refractivity contribution in [3.63, 3.8) is 0 Å². The SMILES string of the molecule is CC(=O)CC(=O)N1C(=O)O[C@H](c2ccccc2)[C@@H]1C. The van der Waals surface area contributed by atoms with Crippen LogP contribution in [-0.2, 0) is 14.3 Å². The molecule has 100 valence electrons. The number of ether oxygens (including phenoxy) is 1. The average Bonchev–Trinajstić information content (AvgIpc) is 2.65. The molecule has 0 bridgehead atoms. The van der Waals surface area contributed by atoms with E-state index in [0.717, 1.165) is 10.5 Å². The lowest BCUT2D eigenvalue weighted by Crippen LogP contribution is -2.38. The van der Waals surface area contributed by atoms with Gasteiger partial charge in [-0.3, -0.25) is 9.59 Å². The zero-order valence-electron chi connectivity index (χ0n) is 10.8. The number of nitrogens with zero attached hydrogens (tertiary/aromatic N) is 1. The van der Waals surface area contributed by atoms with Gasteiger partial charge >= 0.3 is 6.09 Å². The van der Waals surface area contributed by atoms with E-state index in [1.54, 1.807) is 6.92 Å². The van der Waals surface area contributed by atoms with Gasteiger partial charge in [-0.2, -0.15) is 0 Å². The minimum Gasteiger partial charge on any atom is -0.439 e. The molecule has 1 heterocycles. The highest BCUT2D eigenvalue weighted by atomic mass is 16.6. The first-order valence-electron chi connectivity index (χ1n) is 6.07. The largest absolute Gasteiger partial charge is 0.439 e. The van der Waals surface area contributed by atoms with E-state index in [1.165, 1.54) is 6.92 Å². The Morgan fingerprint density at radius 2 is 1.89 bits per heavy atom. The van der Waals surface area contributed by atoms with E-state index in [1.807, 2.05) is 30.3 Å². The fourth-order valence-electron chi connectivity index (χ4n) is 2.18.